The second-order valence-corrected chi connectivity index (χ2v) is 6.34. The third kappa shape index (κ3) is 3.69. The van der Waals surface area contributed by atoms with E-state index in [1.54, 1.807) is 37.4 Å². The second kappa shape index (κ2) is 6.67. The molecule has 22 heavy (non-hydrogen) atoms. The smallest absolute Gasteiger partial charge is 0.240 e. The minimum absolute atomic E-state index is 0.0904. The molecule has 0 aliphatic rings. The van der Waals surface area contributed by atoms with E-state index in [0.29, 0.717) is 22.7 Å². The van der Waals surface area contributed by atoms with Crippen molar-refractivity contribution in [1.82, 2.24) is 4.72 Å². The highest BCUT2D eigenvalue weighted by atomic mass is 32.2. The Morgan fingerprint density at radius 2 is 1.73 bits per heavy atom. The minimum Gasteiger partial charge on any atom is -0.497 e. The molecule has 3 N–H and O–H groups in total. The van der Waals surface area contributed by atoms with Gasteiger partial charge in [0.2, 0.25) is 10.0 Å². The number of benzene rings is 2. The van der Waals surface area contributed by atoms with Gasteiger partial charge < -0.3 is 15.2 Å². The highest BCUT2D eigenvalue weighted by molar-refractivity contribution is 7.89. The molecule has 0 aromatic heterocycles. The molecule has 0 unspecified atom stereocenters. The summed E-state index contributed by atoms with van der Waals surface area (Å²) in [5.41, 5.74) is 6.75. The predicted molar refractivity (Wildman–Crippen MR) is 84.4 cm³/mol. The van der Waals surface area contributed by atoms with Gasteiger partial charge in [-0.25, -0.2) is 13.1 Å². The highest BCUT2D eigenvalue weighted by Crippen LogP contribution is 2.24. The number of nitrogens with two attached hydrogens (primary N) is 1. The summed E-state index contributed by atoms with van der Waals surface area (Å²) in [4.78, 5) is 0.156. The lowest BCUT2D eigenvalue weighted by atomic mass is 10.2. The van der Waals surface area contributed by atoms with E-state index in [1.165, 1.54) is 19.2 Å². The highest BCUT2D eigenvalue weighted by Gasteiger charge is 2.15. The Labute approximate surface area is 129 Å². The minimum atomic E-state index is -3.62. The van der Waals surface area contributed by atoms with E-state index in [4.69, 9.17) is 15.2 Å². The quantitative estimate of drug-likeness (QED) is 0.791. The normalized spacial score (nSPS) is 11.2. The van der Waals surface area contributed by atoms with Crippen LogP contribution in [0.4, 0.5) is 5.69 Å². The van der Waals surface area contributed by atoms with Crippen LogP contribution >= 0.6 is 0 Å². The molecular weight excluding hydrogens is 304 g/mol. The van der Waals surface area contributed by atoms with Crippen LogP contribution in [-0.2, 0) is 16.6 Å². The molecule has 0 saturated carbocycles. The van der Waals surface area contributed by atoms with Crippen molar-refractivity contribution in [2.75, 3.05) is 20.0 Å². The Balaban J connectivity index is 2.20. The molecule has 2 rings (SSSR count). The summed E-state index contributed by atoms with van der Waals surface area (Å²) in [6.07, 6.45) is 0. The predicted octanol–water partition coefficient (Wildman–Crippen LogP) is 1.76. The van der Waals surface area contributed by atoms with Crippen LogP contribution < -0.4 is 19.9 Å². The fraction of sp³-hybridized carbons (Fsp3) is 0.200. The molecule has 0 aliphatic heterocycles. The van der Waals surface area contributed by atoms with Crippen molar-refractivity contribution in [3.05, 3.63) is 48.0 Å². The molecule has 0 aliphatic carbocycles. The summed E-state index contributed by atoms with van der Waals surface area (Å²) in [6.45, 7) is 0.0904. The molecule has 6 nitrogen and oxygen atoms in total. The molecule has 0 spiro atoms. The number of rotatable bonds is 6. The van der Waals surface area contributed by atoms with Gasteiger partial charge in [0, 0.05) is 17.8 Å². The molecular formula is C15H18N2O4S. The van der Waals surface area contributed by atoms with Crippen LogP contribution in [0.3, 0.4) is 0 Å². The number of hydrogen-bond acceptors (Lipinski definition) is 5. The zero-order chi connectivity index (χ0) is 16.2. The number of hydrogen-bond donors (Lipinski definition) is 2. The van der Waals surface area contributed by atoms with Gasteiger partial charge in [0.05, 0.1) is 19.1 Å². The molecule has 2 aromatic rings. The van der Waals surface area contributed by atoms with Gasteiger partial charge in [-0.2, -0.15) is 0 Å². The molecule has 118 valence electrons. The van der Waals surface area contributed by atoms with Crippen LogP contribution in [0.15, 0.2) is 47.4 Å². The zero-order valence-corrected chi connectivity index (χ0v) is 13.2. The lowest BCUT2D eigenvalue weighted by Crippen LogP contribution is -2.23. The molecule has 0 atom stereocenters. The maximum absolute atomic E-state index is 12.2. The molecule has 0 radical (unpaired) electrons. The van der Waals surface area contributed by atoms with E-state index in [-0.39, 0.29) is 11.4 Å². The Bertz CT molecular complexity index is 743. The van der Waals surface area contributed by atoms with E-state index >= 15 is 0 Å². The fourth-order valence-corrected chi connectivity index (χ4v) is 2.93. The van der Waals surface area contributed by atoms with Crippen LogP contribution in [0, 0.1) is 0 Å². The van der Waals surface area contributed by atoms with Gasteiger partial charge in [-0.05, 0) is 42.5 Å². The summed E-state index contributed by atoms with van der Waals surface area (Å²) in [5, 5.41) is 0. The Kier molecular flexibility index (Phi) is 4.89. The molecule has 7 heteroatoms. The van der Waals surface area contributed by atoms with Crippen molar-refractivity contribution in [1.29, 1.82) is 0 Å². The third-order valence-corrected chi connectivity index (χ3v) is 4.55. The number of ether oxygens (including phenoxy) is 2. The fourth-order valence-electron chi connectivity index (χ4n) is 1.92. The SMILES string of the molecule is COc1ccc(OC)c(CNS(=O)(=O)c2ccc(N)cc2)c1. The Morgan fingerprint density at radius 1 is 1.05 bits per heavy atom. The molecule has 0 fully saturated rings. The van der Waals surface area contributed by atoms with Gasteiger partial charge in [-0.1, -0.05) is 0 Å². The first-order valence-corrected chi connectivity index (χ1v) is 8.00. The van der Waals surface area contributed by atoms with Crippen molar-refractivity contribution < 1.29 is 17.9 Å². The van der Waals surface area contributed by atoms with Crippen LogP contribution in [0.2, 0.25) is 0 Å². The molecule has 0 amide bonds. The third-order valence-electron chi connectivity index (χ3n) is 3.13. The van der Waals surface area contributed by atoms with Crippen LogP contribution in [0.25, 0.3) is 0 Å². The summed E-state index contributed by atoms with van der Waals surface area (Å²) in [7, 11) is -0.548. The monoisotopic (exact) mass is 322 g/mol. The Hall–Kier alpha value is -2.25. The van der Waals surface area contributed by atoms with Gasteiger partial charge in [0.15, 0.2) is 0 Å². The summed E-state index contributed by atoms with van der Waals surface area (Å²) < 4.78 is 37.4. The van der Waals surface area contributed by atoms with Gasteiger partial charge >= 0.3 is 0 Å². The summed E-state index contributed by atoms with van der Waals surface area (Å²) in [5.74, 6) is 1.21. The standard InChI is InChI=1S/C15H18N2O4S/c1-20-13-5-8-15(21-2)11(9-13)10-17-22(18,19)14-6-3-12(16)4-7-14/h3-9,17H,10,16H2,1-2H3. The number of anilines is 1. The first-order valence-electron chi connectivity index (χ1n) is 6.52. The summed E-state index contributed by atoms with van der Waals surface area (Å²) in [6, 6.07) is 11.2. The van der Waals surface area contributed by atoms with Crippen LogP contribution in [0.1, 0.15) is 5.56 Å². The summed E-state index contributed by atoms with van der Waals surface area (Å²) >= 11 is 0. The molecule has 2 aromatic carbocycles. The van der Waals surface area contributed by atoms with E-state index in [0.717, 1.165) is 0 Å². The van der Waals surface area contributed by atoms with E-state index < -0.39 is 10.0 Å². The van der Waals surface area contributed by atoms with Crippen molar-refractivity contribution in [2.24, 2.45) is 0 Å². The maximum Gasteiger partial charge on any atom is 0.240 e. The van der Waals surface area contributed by atoms with Gasteiger partial charge in [0.1, 0.15) is 11.5 Å². The number of nitrogens with one attached hydrogen (secondary N) is 1. The number of nitrogen functional groups attached to an aromatic ring is 1. The molecule has 0 saturated heterocycles. The maximum atomic E-state index is 12.2. The van der Waals surface area contributed by atoms with Crippen LogP contribution in [-0.4, -0.2) is 22.6 Å². The number of sulfonamides is 1. The lowest BCUT2D eigenvalue weighted by Gasteiger charge is -2.12. The number of methoxy groups -OCH3 is 2. The van der Waals surface area contributed by atoms with E-state index in [1.807, 2.05) is 0 Å². The average molecular weight is 322 g/mol. The van der Waals surface area contributed by atoms with Gasteiger partial charge in [0.25, 0.3) is 0 Å². The average Bonchev–Trinajstić information content (AvgIpc) is 2.53. The Morgan fingerprint density at radius 3 is 2.32 bits per heavy atom. The van der Waals surface area contributed by atoms with E-state index in [9.17, 15) is 8.42 Å². The second-order valence-electron chi connectivity index (χ2n) is 4.57. The van der Waals surface area contributed by atoms with Crippen molar-refractivity contribution in [2.45, 2.75) is 11.4 Å². The zero-order valence-electron chi connectivity index (χ0n) is 12.4. The van der Waals surface area contributed by atoms with Crippen molar-refractivity contribution >= 4 is 15.7 Å². The topological polar surface area (TPSA) is 90.6 Å². The lowest BCUT2D eigenvalue weighted by molar-refractivity contribution is 0.398. The first-order chi connectivity index (χ1) is 10.5. The first kappa shape index (κ1) is 16.1. The largest absolute Gasteiger partial charge is 0.497 e. The van der Waals surface area contributed by atoms with Crippen molar-refractivity contribution in [3.63, 3.8) is 0 Å². The molecule has 0 bridgehead atoms. The van der Waals surface area contributed by atoms with Gasteiger partial charge in [-0.3, -0.25) is 0 Å². The molecule has 0 heterocycles. The van der Waals surface area contributed by atoms with E-state index in [2.05, 4.69) is 4.72 Å². The van der Waals surface area contributed by atoms with Gasteiger partial charge in [-0.15, -0.1) is 0 Å². The van der Waals surface area contributed by atoms with Crippen LogP contribution in [0.5, 0.6) is 11.5 Å². The van der Waals surface area contributed by atoms with Crippen molar-refractivity contribution in [3.8, 4) is 11.5 Å².